The van der Waals surface area contributed by atoms with Crippen molar-refractivity contribution < 1.29 is 4.79 Å². The first-order valence-electron chi connectivity index (χ1n) is 9.28. The first-order valence-corrected chi connectivity index (χ1v) is 9.28. The first-order chi connectivity index (χ1) is 13.2. The maximum absolute atomic E-state index is 12.7. The monoisotopic (exact) mass is 357 g/mol. The summed E-state index contributed by atoms with van der Waals surface area (Å²) in [5, 5.41) is 0. The quantitative estimate of drug-likeness (QED) is 0.710. The van der Waals surface area contributed by atoms with Crippen molar-refractivity contribution in [3.63, 3.8) is 0 Å². The van der Waals surface area contributed by atoms with Crippen LogP contribution in [0.1, 0.15) is 27.0 Å². The molecule has 0 saturated heterocycles. The van der Waals surface area contributed by atoms with E-state index in [9.17, 15) is 4.79 Å². The van der Waals surface area contributed by atoms with Crippen molar-refractivity contribution >= 4 is 11.7 Å². The summed E-state index contributed by atoms with van der Waals surface area (Å²) in [7, 11) is 1.82. The summed E-state index contributed by atoms with van der Waals surface area (Å²) in [5.74, 6) is 0.911. The Kier molecular flexibility index (Phi) is 4.88. The standard InChI is InChI=1S/C23H23N3O/c1-25(16-18-7-3-2-4-8-18)23(27)20-11-12-22(24-15-20)26-14-13-19-9-5-6-10-21(19)17-26/h2-12,15H,13-14,16-17H2,1H3. The zero-order valence-electron chi connectivity index (χ0n) is 15.5. The van der Waals surface area contributed by atoms with Crippen LogP contribution in [-0.4, -0.2) is 29.4 Å². The summed E-state index contributed by atoms with van der Waals surface area (Å²) < 4.78 is 0. The van der Waals surface area contributed by atoms with Gasteiger partial charge in [0.1, 0.15) is 5.82 Å². The number of nitrogens with zero attached hydrogens (tertiary/aromatic N) is 3. The predicted octanol–water partition coefficient (Wildman–Crippen LogP) is 3.92. The molecule has 1 aromatic heterocycles. The number of hydrogen-bond donors (Lipinski definition) is 0. The molecule has 3 aromatic rings. The maximum Gasteiger partial charge on any atom is 0.255 e. The van der Waals surface area contributed by atoms with Crippen LogP contribution < -0.4 is 4.90 Å². The van der Waals surface area contributed by atoms with Crippen LogP contribution in [0.5, 0.6) is 0 Å². The molecule has 136 valence electrons. The molecule has 2 aromatic carbocycles. The highest BCUT2D eigenvalue weighted by Crippen LogP contribution is 2.23. The number of fused-ring (bicyclic) bond motifs is 1. The lowest BCUT2D eigenvalue weighted by Gasteiger charge is -2.29. The van der Waals surface area contributed by atoms with E-state index in [1.807, 2.05) is 49.5 Å². The van der Waals surface area contributed by atoms with Crippen LogP contribution in [0.4, 0.5) is 5.82 Å². The van der Waals surface area contributed by atoms with Gasteiger partial charge in [0.05, 0.1) is 5.56 Å². The lowest BCUT2D eigenvalue weighted by molar-refractivity contribution is 0.0784. The van der Waals surface area contributed by atoms with Gasteiger partial charge in [-0.05, 0) is 35.2 Å². The van der Waals surface area contributed by atoms with Gasteiger partial charge in [0.25, 0.3) is 5.91 Å². The van der Waals surface area contributed by atoms with E-state index in [2.05, 4.69) is 34.1 Å². The van der Waals surface area contributed by atoms with Gasteiger partial charge >= 0.3 is 0 Å². The Labute approximate surface area is 160 Å². The molecule has 4 heteroatoms. The number of pyridine rings is 1. The summed E-state index contributed by atoms with van der Waals surface area (Å²) in [6, 6.07) is 22.4. The Morgan fingerprint density at radius 3 is 2.48 bits per heavy atom. The molecule has 1 aliphatic heterocycles. The Hall–Kier alpha value is -3.14. The molecule has 0 N–H and O–H groups in total. The number of benzene rings is 2. The normalized spacial score (nSPS) is 13.1. The summed E-state index contributed by atoms with van der Waals surface area (Å²) in [6.07, 6.45) is 2.72. The number of carbonyl (C=O) groups is 1. The predicted molar refractivity (Wildman–Crippen MR) is 108 cm³/mol. The molecule has 4 nitrogen and oxygen atoms in total. The van der Waals surface area contributed by atoms with Crippen molar-refractivity contribution in [1.82, 2.24) is 9.88 Å². The minimum Gasteiger partial charge on any atom is -0.352 e. The number of anilines is 1. The van der Waals surface area contributed by atoms with E-state index in [0.717, 1.165) is 30.9 Å². The fourth-order valence-corrected chi connectivity index (χ4v) is 3.54. The third-order valence-corrected chi connectivity index (χ3v) is 5.06. The van der Waals surface area contributed by atoms with Crippen LogP contribution in [0.2, 0.25) is 0 Å². The third kappa shape index (κ3) is 3.85. The molecule has 1 aliphatic rings. The van der Waals surface area contributed by atoms with Crippen LogP contribution in [-0.2, 0) is 19.5 Å². The highest BCUT2D eigenvalue weighted by molar-refractivity contribution is 5.93. The fourth-order valence-electron chi connectivity index (χ4n) is 3.54. The molecule has 1 amide bonds. The second-order valence-electron chi connectivity index (χ2n) is 6.99. The SMILES string of the molecule is CN(Cc1ccccc1)C(=O)c1ccc(N2CCc3ccccc3C2)nc1. The molecule has 0 atom stereocenters. The van der Waals surface area contributed by atoms with Crippen molar-refractivity contribution in [1.29, 1.82) is 0 Å². The highest BCUT2D eigenvalue weighted by Gasteiger charge is 2.18. The zero-order chi connectivity index (χ0) is 18.6. The molecule has 0 fully saturated rings. The summed E-state index contributed by atoms with van der Waals surface area (Å²) >= 11 is 0. The van der Waals surface area contributed by atoms with E-state index in [1.165, 1.54) is 11.1 Å². The average Bonchev–Trinajstić information content (AvgIpc) is 2.73. The van der Waals surface area contributed by atoms with E-state index >= 15 is 0 Å². The minimum atomic E-state index is -0.0121. The number of rotatable bonds is 4. The molecule has 4 rings (SSSR count). The van der Waals surface area contributed by atoms with Gasteiger partial charge in [-0.3, -0.25) is 4.79 Å². The van der Waals surface area contributed by atoms with Crippen LogP contribution in [0.25, 0.3) is 0 Å². The van der Waals surface area contributed by atoms with Crippen LogP contribution in [0.15, 0.2) is 72.9 Å². The van der Waals surface area contributed by atoms with Crippen molar-refractivity contribution in [2.24, 2.45) is 0 Å². The molecule has 2 heterocycles. The molecule has 27 heavy (non-hydrogen) atoms. The molecule has 0 saturated carbocycles. The van der Waals surface area contributed by atoms with Crippen molar-refractivity contribution in [2.45, 2.75) is 19.5 Å². The largest absolute Gasteiger partial charge is 0.352 e. The van der Waals surface area contributed by atoms with E-state index in [0.29, 0.717) is 12.1 Å². The zero-order valence-corrected chi connectivity index (χ0v) is 15.5. The summed E-state index contributed by atoms with van der Waals surface area (Å²) in [6.45, 7) is 2.40. The lowest BCUT2D eigenvalue weighted by atomic mass is 10.00. The summed E-state index contributed by atoms with van der Waals surface area (Å²) in [4.78, 5) is 21.2. The Bertz CT molecular complexity index is 922. The number of amides is 1. The molecule has 0 bridgehead atoms. The van der Waals surface area contributed by atoms with Crippen molar-refractivity contribution in [3.8, 4) is 0 Å². The average molecular weight is 357 g/mol. The van der Waals surface area contributed by atoms with Crippen molar-refractivity contribution in [3.05, 3.63) is 95.2 Å². The molecular weight excluding hydrogens is 334 g/mol. The topological polar surface area (TPSA) is 36.4 Å². The van der Waals surface area contributed by atoms with Gasteiger partial charge in [-0.1, -0.05) is 54.6 Å². The molecule has 0 radical (unpaired) electrons. The second kappa shape index (κ2) is 7.62. The fraction of sp³-hybridized carbons (Fsp3) is 0.217. The molecule has 0 spiro atoms. The Morgan fingerprint density at radius 1 is 1.00 bits per heavy atom. The van der Waals surface area contributed by atoms with Crippen LogP contribution in [0.3, 0.4) is 0 Å². The number of hydrogen-bond acceptors (Lipinski definition) is 3. The molecule has 0 unspecified atom stereocenters. The van der Waals surface area contributed by atoms with Crippen molar-refractivity contribution in [2.75, 3.05) is 18.5 Å². The van der Waals surface area contributed by atoms with Gasteiger partial charge < -0.3 is 9.80 Å². The lowest BCUT2D eigenvalue weighted by Crippen LogP contribution is -2.31. The molecular formula is C23H23N3O. The van der Waals surface area contributed by atoms with Gasteiger partial charge in [-0.2, -0.15) is 0 Å². The summed E-state index contributed by atoms with van der Waals surface area (Å²) in [5.41, 5.74) is 4.51. The molecule has 0 aliphatic carbocycles. The third-order valence-electron chi connectivity index (χ3n) is 5.06. The number of carbonyl (C=O) groups excluding carboxylic acids is 1. The van der Waals surface area contributed by atoms with Gasteiger partial charge in [-0.15, -0.1) is 0 Å². The van der Waals surface area contributed by atoms with E-state index in [4.69, 9.17) is 0 Å². The Balaban J connectivity index is 1.44. The van der Waals surface area contributed by atoms with Gasteiger partial charge in [-0.25, -0.2) is 4.98 Å². The van der Waals surface area contributed by atoms with E-state index in [-0.39, 0.29) is 5.91 Å². The highest BCUT2D eigenvalue weighted by atomic mass is 16.2. The van der Waals surface area contributed by atoms with Crippen LogP contribution in [0, 0.1) is 0 Å². The van der Waals surface area contributed by atoms with Crippen LogP contribution >= 0.6 is 0 Å². The smallest absolute Gasteiger partial charge is 0.255 e. The van der Waals surface area contributed by atoms with Gasteiger partial charge in [0.2, 0.25) is 0 Å². The van der Waals surface area contributed by atoms with Gasteiger partial charge in [0, 0.05) is 32.9 Å². The Morgan fingerprint density at radius 2 is 1.74 bits per heavy atom. The first kappa shape index (κ1) is 17.3. The maximum atomic E-state index is 12.7. The number of aromatic nitrogens is 1. The van der Waals surface area contributed by atoms with Gasteiger partial charge in [0.15, 0.2) is 0 Å². The van der Waals surface area contributed by atoms with E-state index < -0.39 is 0 Å². The van der Waals surface area contributed by atoms with E-state index in [1.54, 1.807) is 11.1 Å². The second-order valence-corrected chi connectivity index (χ2v) is 6.99. The minimum absolute atomic E-state index is 0.0121.